The molecule has 1 heterocycles. The Morgan fingerprint density at radius 1 is 1.16 bits per heavy atom. The summed E-state index contributed by atoms with van der Waals surface area (Å²) in [4.78, 5) is 9.14. The van der Waals surface area contributed by atoms with Crippen LogP contribution in [-0.2, 0) is 6.54 Å². The van der Waals surface area contributed by atoms with Crippen LogP contribution < -0.4 is 15.4 Å². The summed E-state index contributed by atoms with van der Waals surface area (Å²) in [6, 6.07) is 15.6. The number of aryl methyl sites for hydroxylation is 2. The molecule has 0 saturated carbocycles. The number of rotatable bonds is 9. The lowest BCUT2D eigenvalue weighted by Crippen LogP contribution is -2.38. The molecular weight excluding hydrogens is 505 g/mol. The average Bonchev–Trinajstić information content (AvgIpc) is 3.09. The van der Waals surface area contributed by atoms with Gasteiger partial charge in [0.15, 0.2) is 5.96 Å². The number of guanidine groups is 1. The maximum atomic E-state index is 10.4. The maximum absolute atomic E-state index is 10.4. The Morgan fingerprint density at radius 2 is 1.90 bits per heavy atom. The van der Waals surface area contributed by atoms with Crippen LogP contribution in [-0.4, -0.2) is 47.4 Å². The van der Waals surface area contributed by atoms with Gasteiger partial charge in [0, 0.05) is 19.6 Å². The summed E-state index contributed by atoms with van der Waals surface area (Å²) in [7, 11) is 1.63. The van der Waals surface area contributed by atoms with Gasteiger partial charge >= 0.3 is 0 Å². The summed E-state index contributed by atoms with van der Waals surface area (Å²) in [5.41, 5.74) is 3.02. The number of aliphatic hydroxyl groups is 1. The van der Waals surface area contributed by atoms with Crippen LogP contribution in [0.2, 0.25) is 0 Å². The van der Waals surface area contributed by atoms with Gasteiger partial charge in [-0.3, -0.25) is 4.99 Å². The second-order valence-corrected chi connectivity index (χ2v) is 7.09. The monoisotopic (exact) mass is 537 g/mol. The van der Waals surface area contributed by atoms with E-state index in [1.807, 2.05) is 56.3 Å². The van der Waals surface area contributed by atoms with Gasteiger partial charge in [0.25, 0.3) is 0 Å². The Labute approximate surface area is 201 Å². The third-order valence-electron chi connectivity index (χ3n) is 4.96. The zero-order chi connectivity index (χ0) is 21.3. The summed E-state index contributed by atoms with van der Waals surface area (Å²) in [6.45, 7) is 6.77. The van der Waals surface area contributed by atoms with Crippen LogP contribution in [0.5, 0.6) is 5.75 Å². The van der Waals surface area contributed by atoms with Crippen molar-refractivity contribution in [3.05, 3.63) is 59.9 Å². The first-order valence-electron chi connectivity index (χ1n) is 10.4. The molecule has 1 unspecified atom stereocenters. The van der Waals surface area contributed by atoms with E-state index in [-0.39, 0.29) is 30.5 Å². The average molecular weight is 537 g/mol. The van der Waals surface area contributed by atoms with Gasteiger partial charge in [-0.05, 0) is 50.1 Å². The molecule has 31 heavy (non-hydrogen) atoms. The molecule has 0 radical (unpaired) electrons. The van der Waals surface area contributed by atoms with Crippen molar-refractivity contribution in [3.8, 4) is 5.75 Å². The second-order valence-electron chi connectivity index (χ2n) is 7.09. The zero-order valence-electron chi connectivity index (χ0n) is 18.3. The Kier molecular flexibility index (Phi) is 10.1. The molecule has 0 aliphatic carbocycles. The first kappa shape index (κ1) is 24.9. The number of aliphatic imine (C=N–C) groups is 1. The first-order chi connectivity index (χ1) is 14.6. The van der Waals surface area contributed by atoms with Gasteiger partial charge in [0.1, 0.15) is 11.6 Å². The molecule has 168 valence electrons. The fourth-order valence-electron chi connectivity index (χ4n) is 3.37. The Hall–Kier alpha value is -2.33. The maximum Gasteiger partial charge on any atom is 0.191 e. The summed E-state index contributed by atoms with van der Waals surface area (Å²) < 4.78 is 7.40. The summed E-state index contributed by atoms with van der Waals surface area (Å²) in [5.74, 6) is 2.50. The van der Waals surface area contributed by atoms with Crippen molar-refractivity contribution in [2.24, 2.45) is 4.99 Å². The predicted molar refractivity (Wildman–Crippen MR) is 136 cm³/mol. The minimum atomic E-state index is -0.661. The first-order valence-corrected chi connectivity index (χ1v) is 10.4. The molecule has 0 spiro atoms. The second kappa shape index (κ2) is 12.5. The van der Waals surface area contributed by atoms with Crippen LogP contribution in [0.3, 0.4) is 0 Å². The van der Waals surface area contributed by atoms with E-state index in [2.05, 4.69) is 31.2 Å². The lowest BCUT2D eigenvalue weighted by atomic mass is 10.1. The molecule has 1 atom stereocenters. The van der Waals surface area contributed by atoms with Crippen LogP contribution in [0.15, 0.2) is 53.5 Å². The van der Waals surface area contributed by atoms with E-state index in [0.717, 1.165) is 54.2 Å². The third-order valence-corrected chi connectivity index (χ3v) is 4.96. The number of halogens is 1. The quantitative estimate of drug-likeness (QED) is 0.168. The van der Waals surface area contributed by atoms with Crippen molar-refractivity contribution in [1.82, 2.24) is 20.2 Å². The van der Waals surface area contributed by atoms with E-state index in [9.17, 15) is 5.11 Å². The van der Waals surface area contributed by atoms with Crippen LogP contribution in [0.1, 0.15) is 30.8 Å². The number of aromatic nitrogens is 2. The summed E-state index contributed by atoms with van der Waals surface area (Å²) in [5, 5.41) is 17.0. The third kappa shape index (κ3) is 6.83. The minimum Gasteiger partial charge on any atom is -0.497 e. The molecule has 3 aromatic rings. The lowest BCUT2D eigenvalue weighted by Gasteiger charge is -2.14. The molecule has 3 N–H and O–H groups in total. The fourth-order valence-corrected chi connectivity index (χ4v) is 3.37. The van der Waals surface area contributed by atoms with Crippen molar-refractivity contribution in [2.45, 2.75) is 32.9 Å². The summed E-state index contributed by atoms with van der Waals surface area (Å²) in [6.07, 6.45) is 0.276. The normalized spacial score (nSPS) is 12.3. The molecule has 2 aromatic carbocycles. The number of hydrogen-bond acceptors (Lipinski definition) is 4. The molecule has 0 aliphatic rings. The zero-order valence-corrected chi connectivity index (χ0v) is 20.7. The van der Waals surface area contributed by atoms with Crippen molar-refractivity contribution in [1.29, 1.82) is 0 Å². The molecule has 7 nitrogen and oxygen atoms in total. The predicted octanol–water partition coefficient (Wildman–Crippen LogP) is 3.65. The van der Waals surface area contributed by atoms with Crippen LogP contribution >= 0.6 is 24.0 Å². The molecule has 0 amide bonds. The Bertz CT molecular complexity index is 972. The highest BCUT2D eigenvalue weighted by molar-refractivity contribution is 14.0. The highest BCUT2D eigenvalue weighted by atomic mass is 127. The number of ether oxygens (including phenoxy) is 1. The SMILES string of the molecule is CCNC(=NCC(O)c1ccc(OC)cc1)NCCCn1c(C)nc2ccccc21.I. The van der Waals surface area contributed by atoms with E-state index in [4.69, 9.17) is 4.74 Å². The number of imidazole rings is 1. The lowest BCUT2D eigenvalue weighted by molar-refractivity contribution is 0.187. The van der Waals surface area contributed by atoms with Crippen LogP contribution in [0.4, 0.5) is 0 Å². The molecule has 0 bridgehead atoms. The summed E-state index contributed by atoms with van der Waals surface area (Å²) >= 11 is 0. The topological polar surface area (TPSA) is 83.7 Å². The van der Waals surface area contributed by atoms with E-state index in [0.29, 0.717) is 5.96 Å². The highest BCUT2D eigenvalue weighted by Crippen LogP contribution is 2.18. The van der Waals surface area contributed by atoms with Gasteiger partial charge in [0.05, 0.1) is 30.8 Å². The van der Waals surface area contributed by atoms with E-state index in [1.165, 1.54) is 0 Å². The van der Waals surface area contributed by atoms with E-state index >= 15 is 0 Å². The number of hydrogen-bond donors (Lipinski definition) is 3. The molecule has 0 aliphatic heterocycles. The molecule has 8 heteroatoms. The molecule has 0 saturated heterocycles. The van der Waals surface area contributed by atoms with Gasteiger partial charge in [0.2, 0.25) is 0 Å². The fraction of sp³-hybridized carbons (Fsp3) is 0.391. The van der Waals surface area contributed by atoms with Crippen molar-refractivity contribution < 1.29 is 9.84 Å². The Balaban J connectivity index is 0.00000341. The van der Waals surface area contributed by atoms with Crippen LogP contribution in [0, 0.1) is 6.92 Å². The van der Waals surface area contributed by atoms with Gasteiger partial charge in [-0.25, -0.2) is 4.98 Å². The van der Waals surface area contributed by atoms with E-state index in [1.54, 1.807) is 7.11 Å². The number of nitrogens with one attached hydrogen (secondary N) is 2. The van der Waals surface area contributed by atoms with Crippen molar-refractivity contribution in [2.75, 3.05) is 26.7 Å². The van der Waals surface area contributed by atoms with Crippen LogP contribution in [0.25, 0.3) is 11.0 Å². The van der Waals surface area contributed by atoms with Crippen molar-refractivity contribution >= 4 is 41.0 Å². The number of aliphatic hydroxyl groups excluding tert-OH is 1. The highest BCUT2D eigenvalue weighted by Gasteiger charge is 2.09. The molecular formula is C23H32IN5O2. The van der Waals surface area contributed by atoms with Gasteiger partial charge in [-0.15, -0.1) is 24.0 Å². The number of nitrogens with zero attached hydrogens (tertiary/aromatic N) is 3. The smallest absolute Gasteiger partial charge is 0.191 e. The molecule has 3 rings (SSSR count). The van der Waals surface area contributed by atoms with Crippen molar-refractivity contribution in [3.63, 3.8) is 0 Å². The van der Waals surface area contributed by atoms with Gasteiger partial charge in [-0.2, -0.15) is 0 Å². The number of benzene rings is 2. The minimum absolute atomic E-state index is 0. The van der Waals surface area contributed by atoms with Gasteiger partial charge < -0.3 is 25.0 Å². The number of para-hydroxylation sites is 2. The number of methoxy groups -OCH3 is 1. The molecule has 1 aromatic heterocycles. The largest absolute Gasteiger partial charge is 0.497 e. The standard InChI is InChI=1S/C23H31N5O2.HI/c1-4-24-23(26-16-22(29)18-10-12-19(30-3)13-11-18)25-14-7-15-28-17(2)27-20-8-5-6-9-21(20)28;/h5-6,8-13,22,29H,4,7,14-16H2,1-3H3,(H2,24,25,26);1H. The number of fused-ring (bicyclic) bond motifs is 1. The molecule has 0 fully saturated rings. The Morgan fingerprint density at radius 3 is 2.61 bits per heavy atom. The van der Waals surface area contributed by atoms with Gasteiger partial charge in [-0.1, -0.05) is 24.3 Å². The van der Waals surface area contributed by atoms with E-state index < -0.39 is 6.10 Å².